The van der Waals surface area contributed by atoms with Gasteiger partial charge < -0.3 is 5.32 Å². The summed E-state index contributed by atoms with van der Waals surface area (Å²) in [5.41, 5.74) is 0.0853. The third kappa shape index (κ3) is 3.42. The Labute approximate surface area is 110 Å². The Balaban J connectivity index is 2.88. The summed E-state index contributed by atoms with van der Waals surface area (Å²) in [5.74, 6) is -1.61. The number of hydrogen-bond donors (Lipinski definition) is 1. The molecule has 0 fully saturated rings. The highest BCUT2D eigenvalue weighted by Crippen LogP contribution is 2.15. The normalized spacial score (nSPS) is 14.1. The molecule has 0 saturated heterocycles. The summed E-state index contributed by atoms with van der Waals surface area (Å²) in [6.45, 7) is 5.15. The van der Waals surface area contributed by atoms with Crippen LogP contribution in [0.1, 0.15) is 29.8 Å². The summed E-state index contributed by atoms with van der Waals surface area (Å²) in [5, 5.41) is 2.65. The Morgan fingerprint density at radius 3 is 2.50 bits per heavy atom. The van der Waals surface area contributed by atoms with Crippen molar-refractivity contribution >= 4 is 17.5 Å². The van der Waals surface area contributed by atoms with Crippen LogP contribution in [0, 0.1) is 24.5 Å². The van der Waals surface area contributed by atoms with Crippen molar-refractivity contribution in [2.45, 2.75) is 26.8 Å². The van der Waals surface area contributed by atoms with Crippen LogP contribution in [0.4, 0.5) is 8.78 Å². The Hall–Kier alpha value is -1.16. The van der Waals surface area contributed by atoms with Gasteiger partial charge in [-0.25, -0.2) is 8.78 Å². The van der Waals surface area contributed by atoms with E-state index in [0.29, 0.717) is 5.88 Å². The molecule has 1 rings (SSSR count). The highest BCUT2D eigenvalue weighted by molar-refractivity contribution is 6.18. The molecule has 5 heteroatoms. The van der Waals surface area contributed by atoms with E-state index in [2.05, 4.69) is 5.32 Å². The van der Waals surface area contributed by atoms with Crippen LogP contribution in [0.5, 0.6) is 0 Å². The lowest BCUT2D eigenvalue weighted by Crippen LogP contribution is -2.38. The van der Waals surface area contributed by atoms with Crippen LogP contribution in [-0.2, 0) is 0 Å². The van der Waals surface area contributed by atoms with Crippen molar-refractivity contribution in [2.24, 2.45) is 5.92 Å². The van der Waals surface area contributed by atoms with Crippen LogP contribution in [0.15, 0.2) is 12.1 Å². The lowest BCUT2D eigenvalue weighted by Gasteiger charge is -2.19. The number of alkyl halides is 1. The molecule has 1 amide bonds. The van der Waals surface area contributed by atoms with Crippen molar-refractivity contribution in [2.75, 3.05) is 5.88 Å². The zero-order chi connectivity index (χ0) is 13.9. The molecule has 0 bridgehead atoms. The second kappa shape index (κ2) is 6.14. The van der Waals surface area contributed by atoms with E-state index >= 15 is 0 Å². The van der Waals surface area contributed by atoms with Crippen LogP contribution in [0.25, 0.3) is 0 Å². The smallest absolute Gasteiger partial charge is 0.254 e. The van der Waals surface area contributed by atoms with Crippen LogP contribution in [-0.4, -0.2) is 17.8 Å². The van der Waals surface area contributed by atoms with Gasteiger partial charge >= 0.3 is 0 Å². The maximum Gasteiger partial charge on any atom is 0.254 e. The fourth-order valence-corrected chi connectivity index (χ4v) is 1.66. The quantitative estimate of drug-likeness (QED) is 0.840. The molecule has 2 nitrogen and oxygen atoms in total. The van der Waals surface area contributed by atoms with Gasteiger partial charge in [0.1, 0.15) is 11.6 Å². The van der Waals surface area contributed by atoms with Crippen LogP contribution in [0.3, 0.4) is 0 Å². The van der Waals surface area contributed by atoms with E-state index in [-0.39, 0.29) is 23.1 Å². The summed E-state index contributed by atoms with van der Waals surface area (Å²) in [4.78, 5) is 11.8. The van der Waals surface area contributed by atoms with Crippen molar-refractivity contribution in [3.05, 3.63) is 34.9 Å². The van der Waals surface area contributed by atoms with Gasteiger partial charge in [-0.1, -0.05) is 6.92 Å². The summed E-state index contributed by atoms with van der Waals surface area (Å²) in [7, 11) is 0. The first kappa shape index (κ1) is 14.9. The van der Waals surface area contributed by atoms with Crippen molar-refractivity contribution in [3.63, 3.8) is 0 Å². The van der Waals surface area contributed by atoms with Crippen LogP contribution >= 0.6 is 11.6 Å². The van der Waals surface area contributed by atoms with Gasteiger partial charge in [0.25, 0.3) is 5.91 Å². The zero-order valence-electron chi connectivity index (χ0n) is 10.6. The summed E-state index contributed by atoms with van der Waals surface area (Å²) < 4.78 is 26.6. The second-order valence-electron chi connectivity index (χ2n) is 4.47. The molecule has 0 heterocycles. The topological polar surface area (TPSA) is 29.1 Å². The lowest BCUT2D eigenvalue weighted by molar-refractivity contribution is 0.0926. The third-order valence-electron chi connectivity index (χ3n) is 2.95. The maximum absolute atomic E-state index is 13.5. The van der Waals surface area contributed by atoms with Gasteiger partial charge in [0.2, 0.25) is 0 Å². The Bertz CT molecular complexity index is 451. The highest BCUT2D eigenvalue weighted by atomic mass is 35.5. The molecular formula is C13H16ClF2NO. The number of aryl methyl sites for hydroxylation is 1. The molecule has 0 radical (unpaired) electrons. The number of nitrogens with one attached hydrogen (secondary N) is 1. The number of hydrogen-bond acceptors (Lipinski definition) is 1. The number of carbonyl (C=O) groups is 1. The van der Waals surface area contributed by atoms with E-state index in [0.717, 1.165) is 6.07 Å². The van der Waals surface area contributed by atoms with Gasteiger partial charge in [-0.15, -0.1) is 11.6 Å². The van der Waals surface area contributed by atoms with Crippen LogP contribution < -0.4 is 5.32 Å². The first-order valence-electron chi connectivity index (χ1n) is 5.69. The second-order valence-corrected chi connectivity index (χ2v) is 4.78. The van der Waals surface area contributed by atoms with E-state index in [1.165, 1.54) is 13.0 Å². The van der Waals surface area contributed by atoms with Crippen molar-refractivity contribution in [1.29, 1.82) is 0 Å². The Morgan fingerprint density at radius 2 is 1.94 bits per heavy atom. The van der Waals surface area contributed by atoms with Gasteiger partial charge in [-0.3, -0.25) is 4.79 Å². The molecule has 0 spiro atoms. The first-order valence-corrected chi connectivity index (χ1v) is 6.22. The van der Waals surface area contributed by atoms with Crippen LogP contribution in [0.2, 0.25) is 0 Å². The molecule has 0 aliphatic heterocycles. The standard InChI is InChI=1S/C13H16ClF2NO/c1-7-4-10(12(16)5-11(7)15)13(18)17-9(3)8(2)6-14/h4-5,8-9H,6H2,1-3H3,(H,17,18). The minimum Gasteiger partial charge on any atom is -0.349 e. The Kier molecular flexibility index (Phi) is 5.08. The number of carbonyl (C=O) groups excluding carboxylic acids is 1. The van der Waals surface area contributed by atoms with Gasteiger partial charge in [-0.05, 0) is 31.4 Å². The van der Waals surface area contributed by atoms with E-state index in [9.17, 15) is 13.6 Å². The molecule has 2 atom stereocenters. The molecule has 18 heavy (non-hydrogen) atoms. The fourth-order valence-electron chi connectivity index (χ4n) is 1.39. The molecule has 2 unspecified atom stereocenters. The van der Waals surface area contributed by atoms with E-state index in [1.54, 1.807) is 6.92 Å². The van der Waals surface area contributed by atoms with E-state index in [4.69, 9.17) is 11.6 Å². The van der Waals surface area contributed by atoms with Crippen molar-refractivity contribution in [3.8, 4) is 0 Å². The molecule has 1 N–H and O–H groups in total. The maximum atomic E-state index is 13.5. The molecular weight excluding hydrogens is 260 g/mol. The van der Waals surface area contributed by atoms with Gasteiger partial charge in [0, 0.05) is 18.0 Å². The molecule has 0 aliphatic carbocycles. The largest absolute Gasteiger partial charge is 0.349 e. The van der Waals surface area contributed by atoms with E-state index in [1.807, 2.05) is 6.92 Å². The van der Waals surface area contributed by atoms with E-state index < -0.39 is 17.5 Å². The predicted octanol–water partition coefficient (Wildman–Crippen LogP) is 3.27. The molecule has 100 valence electrons. The number of benzene rings is 1. The predicted molar refractivity (Wildman–Crippen MR) is 67.9 cm³/mol. The van der Waals surface area contributed by atoms with Gasteiger partial charge in [0.15, 0.2) is 0 Å². The number of amides is 1. The average Bonchev–Trinajstić information content (AvgIpc) is 2.32. The monoisotopic (exact) mass is 275 g/mol. The summed E-state index contributed by atoms with van der Waals surface area (Å²) in [6, 6.07) is 1.75. The fraction of sp³-hybridized carbons (Fsp3) is 0.462. The molecule has 0 aliphatic rings. The summed E-state index contributed by atoms with van der Waals surface area (Å²) in [6.07, 6.45) is 0. The van der Waals surface area contributed by atoms with Gasteiger partial charge in [0.05, 0.1) is 5.56 Å². The minimum absolute atomic E-state index is 0.0697. The lowest BCUT2D eigenvalue weighted by atomic mass is 10.0. The Morgan fingerprint density at radius 1 is 1.33 bits per heavy atom. The molecule has 1 aromatic rings. The zero-order valence-corrected chi connectivity index (χ0v) is 11.3. The third-order valence-corrected chi connectivity index (χ3v) is 3.44. The number of halogens is 3. The molecule has 0 saturated carbocycles. The molecule has 1 aromatic carbocycles. The molecule has 0 aromatic heterocycles. The number of rotatable bonds is 4. The highest BCUT2D eigenvalue weighted by Gasteiger charge is 2.18. The van der Waals surface area contributed by atoms with Crippen molar-refractivity contribution in [1.82, 2.24) is 5.32 Å². The average molecular weight is 276 g/mol. The minimum atomic E-state index is -0.860. The first-order chi connectivity index (χ1) is 8.36. The van der Waals surface area contributed by atoms with Crippen molar-refractivity contribution < 1.29 is 13.6 Å². The summed E-state index contributed by atoms with van der Waals surface area (Å²) >= 11 is 5.68. The SMILES string of the molecule is Cc1cc(C(=O)NC(C)C(C)CCl)c(F)cc1F. The van der Waals surface area contributed by atoms with Gasteiger partial charge in [-0.2, -0.15) is 0 Å².